The summed E-state index contributed by atoms with van der Waals surface area (Å²) in [5.41, 5.74) is 17.0. The van der Waals surface area contributed by atoms with Crippen molar-refractivity contribution in [3.8, 4) is 21.6 Å². The number of methoxy groups -OCH3 is 1. The molecule has 1 aromatic heterocycles. The first-order valence-corrected chi connectivity index (χ1v) is 18.1. The molecular weight excluding hydrogens is 645 g/mol. The SMILES string of the molecule is COC(=O)N(O)Cc1ccc(-c2ccc(C3=Cc4ccc5c(c4CC3)CCc3ccccc3-5)s2)cc1.NC(=O)CC1C=CC=CS1(=O)=O. The Morgan fingerprint density at radius 2 is 1.65 bits per heavy atom. The van der Waals surface area contributed by atoms with E-state index in [2.05, 4.69) is 59.3 Å². The smallest absolute Gasteiger partial charge is 0.433 e. The van der Waals surface area contributed by atoms with Gasteiger partial charge in [0.25, 0.3) is 0 Å². The van der Waals surface area contributed by atoms with Gasteiger partial charge in [-0.05, 0) is 87.9 Å². The number of thiophene rings is 1. The molecule has 3 aliphatic rings. The molecular formula is C38H36N2O6S2. The Kier molecular flexibility index (Phi) is 9.77. The molecule has 3 aromatic carbocycles. The molecule has 0 bridgehead atoms. The molecule has 0 radical (unpaired) electrons. The molecule has 1 aliphatic heterocycles. The second-order valence-electron chi connectivity index (χ2n) is 11.9. The largest absolute Gasteiger partial charge is 0.451 e. The Morgan fingerprint density at radius 1 is 0.896 bits per heavy atom. The second-order valence-corrected chi connectivity index (χ2v) is 15.0. The summed E-state index contributed by atoms with van der Waals surface area (Å²) in [4.78, 5) is 24.4. The normalized spacial score (nSPS) is 16.7. The number of sulfone groups is 1. The summed E-state index contributed by atoms with van der Waals surface area (Å²) in [6.45, 7) is 0.0875. The van der Waals surface area contributed by atoms with Gasteiger partial charge in [0.1, 0.15) is 0 Å². The van der Waals surface area contributed by atoms with Gasteiger partial charge in [0.15, 0.2) is 9.84 Å². The number of rotatable bonds is 6. The molecule has 2 amide bonds. The number of hydrogen-bond acceptors (Lipinski definition) is 7. The number of carbonyl (C=O) groups is 2. The number of amides is 2. The highest BCUT2D eigenvalue weighted by atomic mass is 32.2. The monoisotopic (exact) mass is 680 g/mol. The van der Waals surface area contributed by atoms with Gasteiger partial charge in [-0.2, -0.15) is 5.06 Å². The van der Waals surface area contributed by atoms with Gasteiger partial charge in [-0.15, -0.1) is 11.3 Å². The molecule has 2 heterocycles. The Balaban J connectivity index is 0.000000284. The van der Waals surface area contributed by atoms with Gasteiger partial charge in [-0.3, -0.25) is 10.0 Å². The van der Waals surface area contributed by atoms with E-state index in [-0.39, 0.29) is 13.0 Å². The lowest BCUT2D eigenvalue weighted by Gasteiger charge is -2.26. The third-order valence-corrected chi connectivity index (χ3v) is 11.7. The van der Waals surface area contributed by atoms with Gasteiger partial charge < -0.3 is 10.5 Å². The highest BCUT2D eigenvalue weighted by molar-refractivity contribution is 7.95. The van der Waals surface area contributed by atoms with Gasteiger partial charge in [0.2, 0.25) is 5.91 Å². The molecule has 48 heavy (non-hydrogen) atoms. The van der Waals surface area contributed by atoms with Gasteiger partial charge in [0.05, 0.1) is 18.9 Å². The standard InChI is InChI=1S/C31H27NO3S.C7H9NO3S/c1-35-31(33)32(34)19-20-6-8-22(9-7-20)29-16-17-30(36-29)24-12-13-26-23(18-24)11-15-27-25-5-3-2-4-21(25)10-14-28(26)27;8-7(9)5-6-3-1-2-4-12(6,10)11/h2-9,11,15-18,34H,10,12-14,19H2,1H3;1-4,6H,5H2,(H2,8,9). The Labute approximate surface area is 284 Å². The summed E-state index contributed by atoms with van der Waals surface area (Å²) in [5, 5.41) is 10.6. The van der Waals surface area contributed by atoms with Crippen molar-refractivity contribution in [2.24, 2.45) is 5.73 Å². The maximum absolute atomic E-state index is 11.4. The highest BCUT2D eigenvalue weighted by Gasteiger charge is 2.24. The number of fused-ring (bicyclic) bond motifs is 5. The maximum atomic E-state index is 11.4. The Hall–Kier alpha value is -4.77. The fourth-order valence-corrected chi connectivity index (χ4v) is 8.65. The number of benzene rings is 3. The summed E-state index contributed by atoms with van der Waals surface area (Å²) in [5.74, 6) is -0.608. The van der Waals surface area contributed by atoms with Crippen LogP contribution in [0.15, 0.2) is 96.4 Å². The lowest BCUT2D eigenvalue weighted by molar-refractivity contribution is -0.117. The molecule has 1 unspecified atom stereocenters. The van der Waals surface area contributed by atoms with Crippen LogP contribution in [0.25, 0.3) is 33.2 Å². The molecule has 4 aromatic rings. The molecule has 0 saturated carbocycles. The third-order valence-electron chi connectivity index (χ3n) is 8.80. The molecule has 3 N–H and O–H groups in total. The third kappa shape index (κ3) is 7.21. The number of nitrogens with zero attached hydrogens (tertiary/aromatic N) is 1. The lowest BCUT2D eigenvalue weighted by atomic mass is 9.78. The first-order chi connectivity index (χ1) is 23.1. The number of hydroxylamine groups is 2. The van der Waals surface area contributed by atoms with Crippen molar-refractivity contribution in [3.05, 3.63) is 129 Å². The molecule has 10 heteroatoms. The van der Waals surface area contributed by atoms with Crippen LogP contribution in [-0.4, -0.2) is 43.0 Å². The Morgan fingerprint density at radius 3 is 2.40 bits per heavy atom. The fourth-order valence-electron chi connectivity index (χ4n) is 6.37. The lowest BCUT2D eigenvalue weighted by Crippen LogP contribution is -2.26. The first kappa shape index (κ1) is 33.1. The maximum Gasteiger partial charge on any atom is 0.433 e. The van der Waals surface area contributed by atoms with E-state index in [9.17, 15) is 23.2 Å². The van der Waals surface area contributed by atoms with E-state index in [0.29, 0.717) is 5.06 Å². The zero-order valence-electron chi connectivity index (χ0n) is 26.5. The first-order valence-electron chi connectivity index (χ1n) is 15.7. The van der Waals surface area contributed by atoms with Crippen molar-refractivity contribution in [1.82, 2.24) is 5.06 Å². The van der Waals surface area contributed by atoms with E-state index in [0.717, 1.165) is 42.2 Å². The number of allylic oxidation sites excluding steroid dienone is 3. The van der Waals surface area contributed by atoms with Crippen LogP contribution in [0.4, 0.5) is 4.79 Å². The van der Waals surface area contributed by atoms with E-state index >= 15 is 0 Å². The minimum Gasteiger partial charge on any atom is -0.451 e. The van der Waals surface area contributed by atoms with E-state index in [1.54, 1.807) is 11.6 Å². The number of carbonyl (C=O) groups excluding carboxylic acids is 2. The van der Waals surface area contributed by atoms with Crippen molar-refractivity contribution in [1.29, 1.82) is 0 Å². The van der Waals surface area contributed by atoms with Crippen LogP contribution in [0, 0.1) is 0 Å². The topological polar surface area (TPSA) is 127 Å². The predicted octanol–water partition coefficient (Wildman–Crippen LogP) is 7.35. The summed E-state index contributed by atoms with van der Waals surface area (Å²) in [7, 11) is -2.04. The Bertz CT molecular complexity index is 2060. The predicted molar refractivity (Wildman–Crippen MR) is 190 cm³/mol. The van der Waals surface area contributed by atoms with Crippen molar-refractivity contribution < 1.29 is 28.0 Å². The number of nitrogens with two attached hydrogens (primary N) is 1. The number of primary amides is 1. The molecule has 0 fully saturated rings. The molecule has 246 valence electrons. The van der Waals surface area contributed by atoms with Gasteiger partial charge in [-0.1, -0.05) is 85.0 Å². The van der Waals surface area contributed by atoms with Crippen molar-refractivity contribution in [2.75, 3.05) is 7.11 Å². The summed E-state index contributed by atoms with van der Waals surface area (Å²) in [6.07, 6.45) is 10.4. The second kappa shape index (κ2) is 14.1. The summed E-state index contributed by atoms with van der Waals surface area (Å²) < 4.78 is 26.9. The minimum atomic E-state index is -3.29. The number of hydrogen-bond donors (Lipinski definition) is 2. The van der Waals surface area contributed by atoms with E-state index in [4.69, 9.17) is 5.73 Å². The number of aryl methyl sites for hydroxylation is 1. The summed E-state index contributed by atoms with van der Waals surface area (Å²) in [6, 6.07) is 25.8. The summed E-state index contributed by atoms with van der Waals surface area (Å²) >= 11 is 1.81. The molecule has 8 nitrogen and oxygen atoms in total. The highest BCUT2D eigenvalue weighted by Crippen LogP contribution is 2.42. The van der Waals surface area contributed by atoms with Gasteiger partial charge in [0, 0.05) is 21.6 Å². The van der Waals surface area contributed by atoms with Crippen LogP contribution in [0.1, 0.15) is 45.5 Å². The average molecular weight is 681 g/mol. The molecule has 1 atom stereocenters. The van der Waals surface area contributed by atoms with Crippen LogP contribution < -0.4 is 5.73 Å². The van der Waals surface area contributed by atoms with Crippen LogP contribution in [0.2, 0.25) is 0 Å². The van der Waals surface area contributed by atoms with Crippen molar-refractivity contribution in [3.63, 3.8) is 0 Å². The van der Waals surface area contributed by atoms with Crippen molar-refractivity contribution in [2.45, 2.75) is 43.9 Å². The molecule has 0 spiro atoms. The molecule has 0 saturated heterocycles. The van der Waals surface area contributed by atoms with Crippen molar-refractivity contribution >= 4 is 44.8 Å². The van der Waals surface area contributed by atoms with E-state index in [1.807, 2.05) is 35.6 Å². The van der Waals surface area contributed by atoms with Crippen LogP contribution in [0.3, 0.4) is 0 Å². The zero-order chi connectivity index (χ0) is 33.8. The van der Waals surface area contributed by atoms with E-state index < -0.39 is 27.1 Å². The van der Waals surface area contributed by atoms with Crippen LogP contribution in [-0.2, 0) is 45.2 Å². The number of ether oxygens (including phenoxy) is 1. The molecule has 2 aliphatic carbocycles. The molecule has 7 rings (SSSR count). The average Bonchev–Trinajstić information content (AvgIpc) is 3.59. The zero-order valence-corrected chi connectivity index (χ0v) is 28.1. The fraction of sp³-hybridized carbons (Fsp3) is 0.211. The quantitative estimate of drug-likeness (QED) is 0.162. The van der Waals surface area contributed by atoms with Gasteiger partial charge >= 0.3 is 6.09 Å². The van der Waals surface area contributed by atoms with Gasteiger partial charge in [-0.25, -0.2) is 13.2 Å². The van der Waals surface area contributed by atoms with Crippen LogP contribution >= 0.6 is 11.3 Å². The van der Waals surface area contributed by atoms with Crippen LogP contribution in [0.5, 0.6) is 0 Å². The minimum absolute atomic E-state index is 0.0875. The van der Waals surface area contributed by atoms with E-state index in [1.165, 1.54) is 62.4 Å².